The first-order chi connectivity index (χ1) is 7.31. The van der Waals surface area contributed by atoms with Gasteiger partial charge < -0.3 is 10.2 Å². The van der Waals surface area contributed by atoms with Gasteiger partial charge in [0, 0.05) is 30.3 Å². The van der Waals surface area contributed by atoms with Gasteiger partial charge in [-0.2, -0.15) is 5.10 Å². The molecule has 0 bridgehead atoms. The number of aromatic nitrogens is 2. The summed E-state index contributed by atoms with van der Waals surface area (Å²) in [6.07, 6.45) is 3.85. The van der Waals surface area contributed by atoms with Crippen LogP contribution in [-0.4, -0.2) is 41.3 Å². The molecule has 0 radical (unpaired) electrons. The van der Waals surface area contributed by atoms with Gasteiger partial charge in [0.05, 0.1) is 0 Å². The maximum Gasteiger partial charge on any atom is 0.148 e. The summed E-state index contributed by atoms with van der Waals surface area (Å²) < 4.78 is 0. The summed E-state index contributed by atoms with van der Waals surface area (Å²) in [7, 11) is 2.18. The lowest BCUT2D eigenvalue weighted by molar-refractivity contribution is 0.410. The first kappa shape index (κ1) is 9.21. The molecule has 1 aromatic heterocycles. The molecule has 4 heteroatoms. The lowest BCUT2D eigenvalue weighted by Gasteiger charge is -2.07. The highest BCUT2D eigenvalue weighted by atomic mass is 15.2. The van der Waals surface area contributed by atoms with Crippen LogP contribution in [0.15, 0.2) is 6.07 Å². The van der Waals surface area contributed by atoms with Gasteiger partial charge in [0.15, 0.2) is 0 Å². The zero-order valence-corrected chi connectivity index (χ0v) is 9.16. The number of nitrogens with one attached hydrogen (secondary N) is 2. The van der Waals surface area contributed by atoms with E-state index in [1.165, 1.54) is 31.5 Å². The van der Waals surface area contributed by atoms with Crippen molar-refractivity contribution >= 4 is 5.82 Å². The van der Waals surface area contributed by atoms with Gasteiger partial charge in [-0.05, 0) is 32.9 Å². The van der Waals surface area contributed by atoms with Crippen LogP contribution in [0.25, 0.3) is 0 Å². The quantitative estimate of drug-likeness (QED) is 0.785. The third kappa shape index (κ3) is 2.00. The van der Waals surface area contributed by atoms with Gasteiger partial charge in [0.2, 0.25) is 0 Å². The van der Waals surface area contributed by atoms with Crippen LogP contribution in [0.1, 0.15) is 30.9 Å². The van der Waals surface area contributed by atoms with Gasteiger partial charge >= 0.3 is 0 Å². The Kier molecular flexibility index (Phi) is 2.16. The number of rotatable bonds is 3. The smallest absolute Gasteiger partial charge is 0.148 e. The Morgan fingerprint density at radius 2 is 2.33 bits per heavy atom. The molecule has 1 atom stereocenters. The molecular formula is C11H18N4. The Labute approximate surface area is 90.0 Å². The minimum atomic E-state index is 0.650. The van der Waals surface area contributed by atoms with E-state index in [1.807, 2.05) is 0 Å². The highest BCUT2D eigenvalue weighted by molar-refractivity contribution is 5.39. The first-order valence-corrected chi connectivity index (χ1v) is 5.81. The van der Waals surface area contributed by atoms with Gasteiger partial charge in [0.1, 0.15) is 5.82 Å². The monoisotopic (exact) mass is 206 g/mol. The van der Waals surface area contributed by atoms with Gasteiger partial charge in [-0.3, -0.25) is 5.10 Å². The van der Waals surface area contributed by atoms with Crippen molar-refractivity contribution in [3.63, 3.8) is 0 Å². The average molecular weight is 206 g/mol. The van der Waals surface area contributed by atoms with Gasteiger partial charge in [-0.15, -0.1) is 0 Å². The summed E-state index contributed by atoms with van der Waals surface area (Å²) in [4.78, 5) is 2.37. The number of likely N-dealkylation sites (N-methyl/N-ethyl adjacent to an activating group) is 1. The number of nitrogens with zero attached hydrogens (tertiary/aromatic N) is 2. The molecule has 82 valence electrons. The van der Waals surface area contributed by atoms with E-state index < -0.39 is 0 Å². The minimum Gasteiger partial charge on any atom is -0.366 e. The zero-order chi connectivity index (χ0) is 10.3. The fraction of sp³-hybridized carbons (Fsp3) is 0.727. The topological polar surface area (TPSA) is 44.0 Å². The molecule has 1 unspecified atom stereocenters. The van der Waals surface area contributed by atoms with Gasteiger partial charge in [0.25, 0.3) is 0 Å². The Balaban J connectivity index is 1.66. The standard InChI is InChI=1S/C11H18N4/c1-15-5-4-8(7-15)10-6-11(14-13-10)12-9-2-3-9/h6,8-9H,2-5,7H2,1H3,(H2,12,13,14). The van der Waals surface area contributed by atoms with Crippen molar-refractivity contribution in [2.45, 2.75) is 31.2 Å². The maximum absolute atomic E-state index is 4.31. The van der Waals surface area contributed by atoms with Crippen molar-refractivity contribution in [3.8, 4) is 0 Å². The first-order valence-electron chi connectivity index (χ1n) is 5.81. The van der Waals surface area contributed by atoms with E-state index >= 15 is 0 Å². The number of anilines is 1. The van der Waals surface area contributed by atoms with E-state index in [2.05, 4.69) is 33.5 Å². The molecule has 2 heterocycles. The molecule has 3 rings (SSSR count). The summed E-state index contributed by atoms with van der Waals surface area (Å²) in [6, 6.07) is 2.87. The van der Waals surface area contributed by atoms with Crippen molar-refractivity contribution in [1.82, 2.24) is 15.1 Å². The highest BCUT2D eigenvalue weighted by Crippen LogP contribution is 2.28. The molecule has 15 heavy (non-hydrogen) atoms. The molecule has 1 aromatic rings. The Morgan fingerprint density at radius 3 is 3.00 bits per heavy atom. The molecule has 2 fully saturated rings. The summed E-state index contributed by atoms with van der Waals surface area (Å²) >= 11 is 0. The van der Waals surface area contributed by atoms with Crippen LogP contribution in [0.2, 0.25) is 0 Å². The fourth-order valence-corrected chi connectivity index (χ4v) is 2.25. The predicted molar refractivity (Wildman–Crippen MR) is 60.1 cm³/mol. The number of likely N-dealkylation sites (tertiary alicyclic amines) is 1. The average Bonchev–Trinajstić information content (AvgIpc) is 2.74. The molecule has 0 spiro atoms. The van der Waals surface area contributed by atoms with E-state index in [4.69, 9.17) is 0 Å². The molecule has 1 saturated heterocycles. The van der Waals surface area contributed by atoms with Crippen molar-refractivity contribution in [3.05, 3.63) is 11.8 Å². The van der Waals surface area contributed by atoms with Crippen LogP contribution in [0, 0.1) is 0 Å². The second-order valence-corrected chi connectivity index (χ2v) is 4.87. The third-order valence-corrected chi connectivity index (χ3v) is 3.36. The molecule has 0 amide bonds. The SMILES string of the molecule is CN1CCC(c2cc(NC3CC3)n[nH]2)C1. The lowest BCUT2D eigenvalue weighted by atomic mass is 10.1. The lowest BCUT2D eigenvalue weighted by Crippen LogP contribution is -2.13. The van der Waals surface area contributed by atoms with Crippen LogP contribution >= 0.6 is 0 Å². The Morgan fingerprint density at radius 1 is 1.47 bits per heavy atom. The normalized spacial score (nSPS) is 27.1. The second kappa shape index (κ2) is 3.52. The van der Waals surface area contributed by atoms with Crippen LogP contribution in [0.5, 0.6) is 0 Å². The fourth-order valence-electron chi connectivity index (χ4n) is 2.25. The molecule has 2 aliphatic rings. The van der Waals surface area contributed by atoms with Crippen molar-refractivity contribution in [2.75, 3.05) is 25.5 Å². The molecule has 1 aliphatic heterocycles. The minimum absolute atomic E-state index is 0.650. The van der Waals surface area contributed by atoms with Crippen LogP contribution in [0.4, 0.5) is 5.82 Å². The molecule has 4 nitrogen and oxygen atoms in total. The third-order valence-electron chi connectivity index (χ3n) is 3.36. The van der Waals surface area contributed by atoms with Crippen LogP contribution in [-0.2, 0) is 0 Å². The zero-order valence-electron chi connectivity index (χ0n) is 9.16. The van der Waals surface area contributed by atoms with Gasteiger partial charge in [-0.1, -0.05) is 0 Å². The van der Waals surface area contributed by atoms with Crippen LogP contribution in [0.3, 0.4) is 0 Å². The molecular weight excluding hydrogens is 188 g/mol. The summed E-state index contributed by atoms with van der Waals surface area (Å²) in [6.45, 7) is 2.36. The highest BCUT2D eigenvalue weighted by Gasteiger charge is 2.25. The predicted octanol–water partition coefficient (Wildman–Crippen LogP) is 1.40. The molecule has 1 aliphatic carbocycles. The van der Waals surface area contributed by atoms with E-state index in [1.54, 1.807) is 0 Å². The number of hydrogen-bond donors (Lipinski definition) is 2. The van der Waals surface area contributed by atoms with E-state index in [9.17, 15) is 0 Å². The summed E-state index contributed by atoms with van der Waals surface area (Å²) in [5.41, 5.74) is 1.29. The molecule has 0 aromatic carbocycles. The Hall–Kier alpha value is -1.03. The van der Waals surface area contributed by atoms with Crippen molar-refractivity contribution < 1.29 is 0 Å². The maximum atomic E-state index is 4.31. The van der Waals surface area contributed by atoms with Crippen LogP contribution < -0.4 is 5.32 Å². The summed E-state index contributed by atoms with van der Waals surface area (Å²) in [5.74, 6) is 1.68. The Bertz CT molecular complexity index is 342. The van der Waals surface area contributed by atoms with Crippen molar-refractivity contribution in [1.29, 1.82) is 0 Å². The largest absolute Gasteiger partial charge is 0.366 e. The van der Waals surface area contributed by atoms with E-state index in [0.717, 1.165) is 12.4 Å². The number of H-pyrrole nitrogens is 1. The number of aromatic amines is 1. The summed E-state index contributed by atoms with van der Waals surface area (Å²) in [5, 5.41) is 10.9. The second-order valence-electron chi connectivity index (χ2n) is 4.87. The van der Waals surface area contributed by atoms with E-state index in [-0.39, 0.29) is 0 Å². The number of hydrogen-bond acceptors (Lipinski definition) is 3. The van der Waals surface area contributed by atoms with Gasteiger partial charge in [-0.25, -0.2) is 0 Å². The van der Waals surface area contributed by atoms with Crippen molar-refractivity contribution in [2.24, 2.45) is 0 Å². The molecule has 1 saturated carbocycles. The van der Waals surface area contributed by atoms with E-state index in [0.29, 0.717) is 12.0 Å². The molecule has 2 N–H and O–H groups in total.